The molecule has 2 heterocycles. The van der Waals surface area contributed by atoms with E-state index in [1.165, 1.54) is 4.90 Å². The fourth-order valence-electron chi connectivity index (χ4n) is 3.28. The molecule has 21 heavy (non-hydrogen) atoms. The van der Waals surface area contributed by atoms with E-state index in [1.54, 1.807) is 12.1 Å². The number of nitrogens with zero attached hydrogens (tertiary/aromatic N) is 2. The van der Waals surface area contributed by atoms with E-state index in [2.05, 4.69) is 4.90 Å². The highest BCUT2D eigenvalue weighted by molar-refractivity contribution is 6.22. The number of amides is 2. The molecular formula is C16H20N2O3. The molecule has 2 saturated heterocycles. The van der Waals surface area contributed by atoms with E-state index in [0.29, 0.717) is 12.2 Å². The molecule has 0 aliphatic carbocycles. The third-order valence-electron chi connectivity index (χ3n) is 4.39. The number of imide groups is 1. The number of anilines is 1. The van der Waals surface area contributed by atoms with Crippen LogP contribution in [0.4, 0.5) is 5.69 Å². The average molecular weight is 288 g/mol. The van der Waals surface area contributed by atoms with Gasteiger partial charge in [-0.1, -0.05) is 18.2 Å². The van der Waals surface area contributed by atoms with Crippen LogP contribution in [0.1, 0.15) is 19.3 Å². The lowest BCUT2D eigenvalue weighted by Gasteiger charge is -2.34. The number of carbonyl (C=O) groups is 2. The molecule has 2 aliphatic rings. The minimum absolute atomic E-state index is 0.134. The van der Waals surface area contributed by atoms with Gasteiger partial charge in [0.05, 0.1) is 18.2 Å². The first-order valence-electron chi connectivity index (χ1n) is 7.47. The number of aliphatic hydroxyl groups is 1. The van der Waals surface area contributed by atoms with Gasteiger partial charge in [-0.3, -0.25) is 14.5 Å². The Bertz CT molecular complexity index is 532. The second kappa shape index (κ2) is 5.95. The molecule has 3 rings (SSSR count). The van der Waals surface area contributed by atoms with E-state index >= 15 is 0 Å². The maximum Gasteiger partial charge on any atom is 0.251 e. The van der Waals surface area contributed by atoms with Crippen LogP contribution in [-0.2, 0) is 9.59 Å². The fourth-order valence-corrected chi connectivity index (χ4v) is 3.28. The third-order valence-corrected chi connectivity index (χ3v) is 4.39. The predicted molar refractivity (Wildman–Crippen MR) is 78.7 cm³/mol. The van der Waals surface area contributed by atoms with Gasteiger partial charge in [0.15, 0.2) is 0 Å². The highest BCUT2D eigenvalue weighted by atomic mass is 16.3. The second-order valence-corrected chi connectivity index (χ2v) is 5.81. The van der Waals surface area contributed by atoms with Gasteiger partial charge in [0.2, 0.25) is 5.91 Å². The van der Waals surface area contributed by atoms with E-state index in [0.717, 1.165) is 19.4 Å². The summed E-state index contributed by atoms with van der Waals surface area (Å²) in [5.41, 5.74) is 0.644. The molecule has 5 heteroatoms. The summed E-state index contributed by atoms with van der Waals surface area (Å²) in [5.74, 6) is -0.0560. The SMILES string of the molecule is O=C1CC(N2CCCC(CO)C2)C(=O)N1c1ccccc1. The van der Waals surface area contributed by atoms with Crippen molar-refractivity contribution in [2.75, 3.05) is 24.6 Å². The minimum Gasteiger partial charge on any atom is -0.396 e. The number of para-hydroxylation sites is 1. The Labute approximate surface area is 124 Å². The van der Waals surface area contributed by atoms with Gasteiger partial charge < -0.3 is 5.11 Å². The summed E-state index contributed by atoms with van der Waals surface area (Å²) in [5, 5.41) is 9.31. The van der Waals surface area contributed by atoms with Crippen molar-refractivity contribution >= 4 is 17.5 Å². The van der Waals surface area contributed by atoms with Crippen LogP contribution < -0.4 is 4.90 Å². The van der Waals surface area contributed by atoms with E-state index in [9.17, 15) is 14.7 Å². The van der Waals surface area contributed by atoms with Crippen molar-refractivity contribution in [3.8, 4) is 0 Å². The fraction of sp³-hybridized carbons (Fsp3) is 0.500. The van der Waals surface area contributed by atoms with Crippen molar-refractivity contribution < 1.29 is 14.7 Å². The van der Waals surface area contributed by atoms with E-state index in [1.807, 2.05) is 18.2 Å². The van der Waals surface area contributed by atoms with Crippen molar-refractivity contribution in [1.29, 1.82) is 0 Å². The maximum absolute atomic E-state index is 12.6. The molecule has 0 spiro atoms. The molecule has 5 nitrogen and oxygen atoms in total. The molecule has 2 fully saturated rings. The Balaban J connectivity index is 1.77. The maximum atomic E-state index is 12.6. The molecule has 2 amide bonds. The Morgan fingerprint density at radius 1 is 1.19 bits per heavy atom. The van der Waals surface area contributed by atoms with Crippen molar-refractivity contribution in [2.45, 2.75) is 25.3 Å². The quantitative estimate of drug-likeness (QED) is 0.844. The Hall–Kier alpha value is -1.72. The predicted octanol–water partition coefficient (Wildman–Crippen LogP) is 1.02. The minimum atomic E-state index is -0.368. The second-order valence-electron chi connectivity index (χ2n) is 5.81. The van der Waals surface area contributed by atoms with Crippen LogP contribution in [-0.4, -0.2) is 47.6 Å². The molecule has 1 aromatic rings. The topological polar surface area (TPSA) is 60.9 Å². The first kappa shape index (κ1) is 14.2. The highest BCUT2D eigenvalue weighted by Gasteiger charge is 2.43. The number of carbonyl (C=O) groups excluding carboxylic acids is 2. The number of benzene rings is 1. The van der Waals surface area contributed by atoms with Gasteiger partial charge in [0.25, 0.3) is 5.91 Å². The number of rotatable bonds is 3. The largest absolute Gasteiger partial charge is 0.396 e. The summed E-state index contributed by atoms with van der Waals surface area (Å²) in [7, 11) is 0. The Morgan fingerprint density at radius 3 is 2.67 bits per heavy atom. The first-order valence-corrected chi connectivity index (χ1v) is 7.47. The lowest BCUT2D eigenvalue weighted by Crippen LogP contribution is -2.47. The summed E-state index contributed by atoms with van der Waals surface area (Å²) in [4.78, 5) is 28.2. The molecule has 0 radical (unpaired) electrons. The summed E-state index contributed by atoms with van der Waals surface area (Å²) >= 11 is 0. The summed E-state index contributed by atoms with van der Waals surface area (Å²) in [6, 6.07) is 8.71. The van der Waals surface area contributed by atoms with Gasteiger partial charge in [-0.25, -0.2) is 4.90 Å². The van der Waals surface area contributed by atoms with Gasteiger partial charge in [-0.15, -0.1) is 0 Å². The van der Waals surface area contributed by atoms with Crippen molar-refractivity contribution in [2.24, 2.45) is 5.92 Å². The number of likely N-dealkylation sites (tertiary alicyclic amines) is 1. The van der Waals surface area contributed by atoms with E-state index < -0.39 is 0 Å². The van der Waals surface area contributed by atoms with Crippen LogP contribution in [0.15, 0.2) is 30.3 Å². The Morgan fingerprint density at radius 2 is 1.95 bits per heavy atom. The molecule has 2 unspecified atom stereocenters. The number of aliphatic hydroxyl groups excluding tert-OH is 1. The monoisotopic (exact) mass is 288 g/mol. The number of hydrogen-bond donors (Lipinski definition) is 1. The molecule has 2 atom stereocenters. The molecule has 1 aromatic carbocycles. The molecule has 2 aliphatic heterocycles. The summed E-state index contributed by atoms with van der Waals surface area (Å²) < 4.78 is 0. The first-order chi connectivity index (χ1) is 10.2. The molecule has 0 bridgehead atoms. The van der Waals surface area contributed by atoms with Crippen LogP contribution >= 0.6 is 0 Å². The Kier molecular flexibility index (Phi) is 4.03. The molecular weight excluding hydrogens is 268 g/mol. The van der Waals surface area contributed by atoms with Crippen molar-refractivity contribution in [3.05, 3.63) is 30.3 Å². The smallest absolute Gasteiger partial charge is 0.251 e. The zero-order valence-electron chi connectivity index (χ0n) is 11.9. The van der Waals surface area contributed by atoms with Gasteiger partial charge in [-0.05, 0) is 37.4 Å². The normalized spacial score (nSPS) is 27.4. The van der Waals surface area contributed by atoms with E-state index in [-0.39, 0.29) is 36.8 Å². The van der Waals surface area contributed by atoms with Crippen LogP contribution in [0.3, 0.4) is 0 Å². The van der Waals surface area contributed by atoms with Crippen LogP contribution in [0.5, 0.6) is 0 Å². The van der Waals surface area contributed by atoms with Crippen molar-refractivity contribution in [3.63, 3.8) is 0 Å². The molecule has 1 N–H and O–H groups in total. The highest BCUT2D eigenvalue weighted by Crippen LogP contribution is 2.28. The zero-order chi connectivity index (χ0) is 14.8. The van der Waals surface area contributed by atoms with Gasteiger partial charge in [-0.2, -0.15) is 0 Å². The van der Waals surface area contributed by atoms with Crippen molar-refractivity contribution in [1.82, 2.24) is 4.90 Å². The average Bonchev–Trinajstić information content (AvgIpc) is 2.83. The zero-order valence-corrected chi connectivity index (χ0v) is 11.9. The lowest BCUT2D eigenvalue weighted by molar-refractivity contribution is -0.123. The van der Waals surface area contributed by atoms with Crippen LogP contribution in [0, 0.1) is 5.92 Å². The third kappa shape index (κ3) is 2.71. The summed E-state index contributed by atoms with van der Waals surface area (Å²) in [6.07, 6.45) is 2.20. The van der Waals surface area contributed by atoms with Crippen LogP contribution in [0.25, 0.3) is 0 Å². The van der Waals surface area contributed by atoms with Crippen LogP contribution in [0.2, 0.25) is 0 Å². The standard InChI is InChI=1S/C16H20N2O3/c19-11-12-5-4-8-17(10-12)14-9-15(20)18(16(14)21)13-6-2-1-3-7-13/h1-3,6-7,12,14,19H,4-5,8-11H2. The molecule has 112 valence electrons. The van der Waals surface area contributed by atoms with Gasteiger partial charge >= 0.3 is 0 Å². The van der Waals surface area contributed by atoms with Gasteiger partial charge in [0, 0.05) is 13.2 Å². The number of hydrogen-bond acceptors (Lipinski definition) is 4. The molecule has 0 saturated carbocycles. The molecule has 0 aromatic heterocycles. The summed E-state index contributed by atoms with van der Waals surface area (Å²) in [6.45, 7) is 1.67. The van der Waals surface area contributed by atoms with Gasteiger partial charge in [0.1, 0.15) is 0 Å². The lowest BCUT2D eigenvalue weighted by atomic mass is 9.97. The number of piperidine rings is 1. The van der Waals surface area contributed by atoms with E-state index in [4.69, 9.17) is 0 Å².